The Hall–Kier alpha value is -1.82. The summed E-state index contributed by atoms with van der Waals surface area (Å²) in [7, 11) is 0. The highest BCUT2D eigenvalue weighted by atomic mass is 14.2. The smallest absolute Gasteiger partial charge is 0.0298 e. The molecule has 0 saturated carbocycles. The third-order valence-electron chi connectivity index (χ3n) is 3.38. The SMILES string of the molecule is C=C(C(C)C)C(c1ccccc1)c1ccccc1. The topological polar surface area (TPSA) is 0 Å². The molecule has 0 aliphatic rings. The quantitative estimate of drug-likeness (QED) is 0.653. The van der Waals surface area contributed by atoms with Gasteiger partial charge in [0, 0.05) is 5.92 Å². The monoisotopic (exact) mass is 236 g/mol. The van der Waals surface area contributed by atoms with Crippen LogP contribution in [-0.2, 0) is 0 Å². The summed E-state index contributed by atoms with van der Waals surface area (Å²) >= 11 is 0. The third kappa shape index (κ3) is 2.70. The summed E-state index contributed by atoms with van der Waals surface area (Å²) in [5.41, 5.74) is 3.91. The molecule has 2 rings (SSSR count). The van der Waals surface area contributed by atoms with E-state index in [4.69, 9.17) is 0 Å². The molecule has 0 aromatic heterocycles. The predicted octanol–water partition coefficient (Wildman–Crippen LogP) is 5.03. The number of hydrogen-bond donors (Lipinski definition) is 0. The molecule has 0 spiro atoms. The van der Waals surface area contributed by atoms with E-state index in [1.54, 1.807) is 0 Å². The third-order valence-corrected chi connectivity index (χ3v) is 3.38. The molecule has 0 amide bonds. The maximum absolute atomic E-state index is 4.31. The molecule has 0 heteroatoms. The van der Waals surface area contributed by atoms with Crippen molar-refractivity contribution in [2.45, 2.75) is 19.8 Å². The molecule has 0 bridgehead atoms. The first-order valence-corrected chi connectivity index (χ1v) is 6.48. The molecule has 0 aliphatic carbocycles. The van der Waals surface area contributed by atoms with Crippen LogP contribution >= 0.6 is 0 Å². The van der Waals surface area contributed by atoms with Crippen LogP contribution in [0.5, 0.6) is 0 Å². The van der Waals surface area contributed by atoms with Crippen LogP contribution in [0.1, 0.15) is 30.9 Å². The molecule has 18 heavy (non-hydrogen) atoms. The van der Waals surface area contributed by atoms with Gasteiger partial charge in [-0.2, -0.15) is 0 Å². The maximum Gasteiger partial charge on any atom is 0.0298 e. The lowest BCUT2D eigenvalue weighted by Crippen LogP contribution is -2.08. The molecule has 2 aromatic carbocycles. The van der Waals surface area contributed by atoms with Gasteiger partial charge in [-0.25, -0.2) is 0 Å². The van der Waals surface area contributed by atoms with Crippen LogP contribution in [0.3, 0.4) is 0 Å². The van der Waals surface area contributed by atoms with Crippen molar-refractivity contribution in [1.29, 1.82) is 0 Å². The summed E-state index contributed by atoms with van der Waals surface area (Å²) in [4.78, 5) is 0. The van der Waals surface area contributed by atoms with E-state index in [0.717, 1.165) is 0 Å². The zero-order valence-electron chi connectivity index (χ0n) is 11.1. The predicted molar refractivity (Wildman–Crippen MR) is 78.7 cm³/mol. The Labute approximate surface area is 110 Å². The lowest BCUT2D eigenvalue weighted by Gasteiger charge is -2.23. The van der Waals surface area contributed by atoms with Gasteiger partial charge in [-0.15, -0.1) is 0 Å². The molecule has 0 radical (unpaired) electrons. The molecular formula is C18H20. The second kappa shape index (κ2) is 5.68. The summed E-state index contributed by atoms with van der Waals surface area (Å²) < 4.78 is 0. The second-order valence-corrected chi connectivity index (χ2v) is 4.98. The van der Waals surface area contributed by atoms with Crippen molar-refractivity contribution in [2.24, 2.45) is 5.92 Å². The van der Waals surface area contributed by atoms with Gasteiger partial charge in [-0.1, -0.05) is 86.7 Å². The minimum absolute atomic E-state index is 0.299. The van der Waals surface area contributed by atoms with Gasteiger partial charge in [0.25, 0.3) is 0 Å². The molecule has 0 aliphatic heterocycles. The van der Waals surface area contributed by atoms with E-state index in [1.165, 1.54) is 16.7 Å². The van der Waals surface area contributed by atoms with Crippen LogP contribution in [0.2, 0.25) is 0 Å². The molecule has 0 heterocycles. The summed E-state index contributed by atoms with van der Waals surface area (Å²) in [5.74, 6) is 0.780. The van der Waals surface area contributed by atoms with E-state index in [1.807, 2.05) is 0 Å². The minimum Gasteiger partial charge on any atom is -0.0986 e. The van der Waals surface area contributed by atoms with Crippen molar-refractivity contribution >= 4 is 0 Å². The Balaban J connectivity index is 2.45. The Morgan fingerprint density at radius 1 is 0.778 bits per heavy atom. The Bertz CT molecular complexity index is 455. The van der Waals surface area contributed by atoms with Crippen molar-refractivity contribution in [3.8, 4) is 0 Å². The van der Waals surface area contributed by atoms with Crippen LogP contribution < -0.4 is 0 Å². The molecule has 0 fully saturated rings. The molecule has 2 aromatic rings. The van der Waals surface area contributed by atoms with Gasteiger partial charge >= 0.3 is 0 Å². The van der Waals surface area contributed by atoms with Gasteiger partial charge in [0.15, 0.2) is 0 Å². The minimum atomic E-state index is 0.299. The zero-order valence-corrected chi connectivity index (χ0v) is 11.1. The van der Waals surface area contributed by atoms with Crippen molar-refractivity contribution < 1.29 is 0 Å². The highest BCUT2D eigenvalue weighted by molar-refractivity contribution is 5.40. The van der Waals surface area contributed by atoms with Crippen LogP contribution in [0, 0.1) is 5.92 Å². The number of allylic oxidation sites excluding steroid dienone is 1. The van der Waals surface area contributed by atoms with E-state index < -0.39 is 0 Å². The summed E-state index contributed by atoms with van der Waals surface area (Å²) in [6.45, 7) is 8.73. The molecule has 0 unspecified atom stereocenters. The van der Waals surface area contributed by atoms with Crippen LogP contribution in [0.4, 0.5) is 0 Å². The van der Waals surface area contributed by atoms with Crippen molar-refractivity contribution in [1.82, 2.24) is 0 Å². The fraction of sp³-hybridized carbons (Fsp3) is 0.222. The Morgan fingerprint density at radius 2 is 1.17 bits per heavy atom. The number of rotatable bonds is 4. The van der Waals surface area contributed by atoms with E-state index >= 15 is 0 Å². The lowest BCUT2D eigenvalue weighted by molar-refractivity contribution is 0.704. The second-order valence-electron chi connectivity index (χ2n) is 4.98. The van der Waals surface area contributed by atoms with E-state index in [9.17, 15) is 0 Å². The standard InChI is InChI=1S/C18H20/c1-14(2)15(3)18(16-10-6-4-7-11-16)17-12-8-5-9-13-17/h4-14,18H,3H2,1-2H3. The van der Waals surface area contributed by atoms with Gasteiger partial charge in [0.05, 0.1) is 0 Å². The Morgan fingerprint density at radius 3 is 1.50 bits per heavy atom. The van der Waals surface area contributed by atoms with Crippen LogP contribution in [0.25, 0.3) is 0 Å². The molecule has 0 saturated heterocycles. The summed E-state index contributed by atoms with van der Waals surface area (Å²) in [6.07, 6.45) is 0. The van der Waals surface area contributed by atoms with E-state index in [0.29, 0.717) is 11.8 Å². The normalized spacial score (nSPS) is 10.9. The largest absolute Gasteiger partial charge is 0.0986 e. The zero-order chi connectivity index (χ0) is 13.0. The first-order chi connectivity index (χ1) is 8.70. The molecule has 0 N–H and O–H groups in total. The molecule has 92 valence electrons. The summed E-state index contributed by atoms with van der Waals surface area (Å²) in [6, 6.07) is 21.2. The van der Waals surface area contributed by atoms with Gasteiger partial charge in [0.2, 0.25) is 0 Å². The maximum atomic E-state index is 4.31. The van der Waals surface area contributed by atoms with Crippen LogP contribution in [0.15, 0.2) is 72.8 Å². The summed E-state index contributed by atoms with van der Waals surface area (Å²) in [5, 5.41) is 0. The van der Waals surface area contributed by atoms with Gasteiger partial charge in [0.1, 0.15) is 0 Å². The first kappa shape index (κ1) is 12.6. The lowest BCUT2D eigenvalue weighted by atomic mass is 9.81. The first-order valence-electron chi connectivity index (χ1n) is 6.48. The van der Waals surface area contributed by atoms with Gasteiger partial charge in [-0.3, -0.25) is 0 Å². The van der Waals surface area contributed by atoms with E-state index in [2.05, 4.69) is 81.1 Å². The molecular weight excluding hydrogens is 216 g/mol. The van der Waals surface area contributed by atoms with E-state index in [-0.39, 0.29) is 0 Å². The average Bonchev–Trinajstić information content (AvgIpc) is 2.41. The van der Waals surface area contributed by atoms with Gasteiger partial charge < -0.3 is 0 Å². The van der Waals surface area contributed by atoms with Crippen LogP contribution in [-0.4, -0.2) is 0 Å². The number of hydrogen-bond acceptors (Lipinski definition) is 0. The number of benzene rings is 2. The molecule has 0 atom stereocenters. The highest BCUT2D eigenvalue weighted by Gasteiger charge is 2.18. The Kier molecular flexibility index (Phi) is 3.99. The van der Waals surface area contributed by atoms with Crippen molar-refractivity contribution in [3.05, 3.63) is 83.9 Å². The average molecular weight is 236 g/mol. The fourth-order valence-electron chi connectivity index (χ4n) is 2.24. The van der Waals surface area contributed by atoms with Crippen molar-refractivity contribution in [2.75, 3.05) is 0 Å². The fourth-order valence-corrected chi connectivity index (χ4v) is 2.24. The van der Waals surface area contributed by atoms with Gasteiger partial charge in [-0.05, 0) is 17.0 Å². The highest BCUT2D eigenvalue weighted by Crippen LogP contribution is 2.34. The molecule has 0 nitrogen and oxygen atoms in total. The van der Waals surface area contributed by atoms with Crippen molar-refractivity contribution in [3.63, 3.8) is 0 Å².